The first-order valence-corrected chi connectivity index (χ1v) is 8.26. The molecule has 30 heavy (non-hydrogen) atoms. The van der Waals surface area contributed by atoms with Crippen molar-refractivity contribution in [3.8, 4) is 5.75 Å². The molecular weight excluding hydrogens is 399 g/mol. The van der Waals surface area contributed by atoms with E-state index < -0.39 is 22.2 Å². The molecule has 0 saturated carbocycles. The van der Waals surface area contributed by atoms with Crippen molar-refractivity contribution in [3.63, 3.8) is 0 Å². The summed E-state index contributed by atoms with van der Waals surface area (Å²) < 4.78 is 17.8. The van der Waals surface area contributed by atoms with Crippen LogP contribution in [0.5, 0.6) is 5.75 Å². The standard InChI is InChI=1S/C17H11FN8O4/c18-8-4-6-9(7-5-8)20-15-13(21-16-17(22-15)25-30-24-16)12(23-19)10-2-1-3-11(14(10)27)26(28)29/h1-7,27H,19H2,(H,20,22,25). The number of nitrogens with one attached hydrogen (secondary N) is 1. The second-order valence-corrected chi connectivity index (χ2v) is 5.87. The highest BCUT2D eigenvalue weighted by Gasteiger charge is 2.25. The molecule has 4 aromatic rings. The monoisotopic (exact) mass is 410 g/mol. The molecule has 4 N–H and O–H groups in total. The molecule has 0 spiro atoms. The third kappa shape index (κ3) is 3.30. The average Bonchev–Trinajstić information content (AvgIpc) is 3.18. The molecule has 0 unspecified atom stereocenters. The average molecular weight is 410 g/mol. The van der Waals surface area contributed by atoms with Crippen molar-refractivity contribution in [2.75, 3.05) is 5.32 Å². The Morgan fingerprint density at radius 2 is 1.87 bits per heavy atom. The largest absolute Gasteiger partial charge is 0.502 e. The number of rotatable bonds is 5. The van der Waals surface area contributed by atoms with Gasteiger partial charge in [0.2, 0.25) is 17.0 Å². The Labute approximate surface area is 166 Å². The van der Waals surface area contributed by atoms with E-state index in [4.69, 9.17) is 5.84 Å². The molecule has 13 heteroatoms. The Bertz CT molecular complexity index is 1290. The lowest BCUT2D eigenvalue weighted by atomic mass is 10.0. The molecule has 0 atom stereocenters. The number of aromatic hydroxyl groups is 1. The zero-order valence-electron chi connectivity index (χ0n) is 14.9. The van der Waals surface area contributed by atoms with Gasteiger partial charge in [-0.05, 0) is 40.6 Å². The second kappa shape index (κ2) is 7.38. The highest BCUT2D eigenvalue weighted by atomic mass is 19.1. The van der Waals surface area contributed by atoms with Crippen molar-refractivity contribution in [1.82, 2.24) is 20.3 Å². The van der Waals surface area contributed by atoms with Gasteiger partial charge in [-0.25, -0.2) is 19.0 Å². The van der Waals surface area contributed by atoms with Crippen LogP contribution in [0.25, 0.3) is 11.3 Å². The topological polar surface area (TPSA) is 178 Å². The third-order valence-electron chi connectivity index (χ3n) is 4.04. The summed E-state index contributed by atoms with van der Waals surface area (Å²) in [4.78, 5) is 18.9. The van der Waals surface area contributed by atoms with Crippen LogP contribution in [0.4, 0.5) is 21.6 Å². The minimum absolute atomic E-state index is 0.000762. The smallest absolute Gasteiger partial charge is 0.311 e. The molecule has 0 fully saturated rings. The van der Waals surface area contributed by atoms with Gasteiger partial charge in [-0.1, -0.05) is 6.07 Å². The summed E-state index contributed by atoms with van der Waals surface area (Å²) in [5.41, 5.74) is -0.192. The van der Waals surface area contributed by atoms with E-state index in [0.29, 0.717) is 5.69 Å². The first-order chi connectivity index (χ1) is 14.5. The summed E-state index contributed by atoms with van der Waals surface area (Å²) in [7, 11) is 0. The van der Waals surface area contributed by atoms with Crippen LogP contribution in [-0.2, 0) is 0 Å². The number of fused-ring (bicyclic) bond motifs is 1. The van der Waals surface area contributed by atoms with E-state index in [-0.39, 0.29) is 34.1 Å². The first-order valence-electron chi connectivity index (χ1n) is 8.26. The number of hydrogen-bond acceptors (Lipinski definition) is 11. The number of benzene rings is 2. The highest BCUT2D eigenvalue weighted by Crippen LogP contribution is 2.32. The Balaban J connectivity index is 1.89. The lowest BCUT2D eigenvalue weighted by Gasteiger charge is -2.12. The van der Waals surface area contributed by atoms with Gasteiger partial charge in [-0.15, -0.1) is 0 Å². The van der Waals surface area contributed by atoms with Crippen molar-refractivity contribution in [3.05, 3.63) is 69.7 Å². The minimum atomic E-state index is -0.749. The molecule has 150 valence electrons. The predicted molar refractivity (Wildman–Crippen MR) is 102 cm³/mol. The van der Waals surface area contributed by atoms with Crippen LogP contribution in [0.2, 0.25) is 0 Å². The zero-order valence-corrected chi connectivity index (χ0v) is 14.9. The summed E-state index contributed by atoms with van der Waals surface area (Å²) in [5, 5.41) is 35.3. The van der Waals surface area contributed by atoms with Crippen LogP contribution in [0, 0.1) is 15.9 Å². The van der Waals surface area contributed by atoms with Gasteiger partial charge in [-0.3, -0.25) is 10.1 Å². The molecule has 2 aromatic carbocycles. The van der Waals surface area contributed by atoms with Gasteiger partial charge in [0, 0.05) is 11.8 Å². The maximum absolute atomic E-state index is 13.2. The number of nitrogens with zero attached hydrogens (tertiary/aromatic N) is 6. The minimum Gasteiger partial charge on any atom is -0.502 e. The quantitative estimate of drug-likeness (QED) is 0.191. The molecule has 0 aliphatic heterocycles. The van der Waals surface area contributed by atoms with Crippen molar-refractivity contribution in [1.29, 1.82) is 0 Å². The molecule has 0 radical (unpaired) electrons. The number of para-hydroxylation sites is 1. The number of halogens is 1. The first kappa shape index (κ1) is 18.7. The zero-order chi connectivity index (χ0) is 21.3. The van der Waals surface area contributed by atoms with E-state index in [2.05, 4.69) is 35.3 Å². The Morgan fingerprint density at radius 3 is 2.53 bits per heavy atom. The SMILES string of the molecule is NN=C(c1cccc([N+](=O)[O-])c1O)c1nc2nonc2nc1Nc1ccc(F)cc1. The van der Waals surface area contributed by atoms with Crippen LogP contribution in [0.1, 0.15) is 11.3 Å². The van der Waals surface area contributed by atoms with Gasteiger partial charge in [0.05, 0.1) is 10.5 Å². The number of hydrogen-bond donors (Lipinski definition) is 3. The lowest BCUT2D eigenvalue weighted by molar-refractivity contribution is -0.385. The number of phenolic OH excluding ortho intramolecular Hbond substituents is 1. The number of phenols is 1. The third-order valence-corrected chi connectivity index (χ3v) is 4.04. The lowest BCUT2D eigenvalue weighted by Crippen LogP contribution is -2.14. The van der Waals surface area contributed by atoms with E-state index in [1.165, 1.54) is 36.4 Å². The van der Waals surface area contributed by atoms with Gasteiger partial charge in [0.1, 0.15) is 17.2 Å². The van der Waals surface area contributed by atoms with Crippen molar-refractivity contribution in [2.45, 2.75) is 0 Å². The second-order valence-electron chi connectivity index (χ2n) is 5.87. The number of aromatic nitrogens is 4. The molecule has 0 saturated heterocycles. The van der Waals surface area contributed by atoms with Gasteiger partial charge < -0.3 is 16.3 Å². The Kier molecular flexibility index (Phi) is 4.60. The number of hydrazone groups is 1. The molecule has 2 aromatic heterocycles. The van der Waals surface area contributed by atoms with E-state index in [0.717, 1.165) is 6.07 Å². The van der Waals surface area contributed by atoms with Crippen molar-refractivity contribution < 1.29 is 19.0 Å². The summed E-state index contributed by atoms with van der Waals surface area (Å²) >= 11 is 0. The summed E-state index contributed by atoms with van der Waals surface area (Å²) in [6, 6.07) is 9.23. The fourth-order valence-electron chi connectivity index (χ4n) is 2.69. The van der Waals surface area contributed by atoms with Crippen molar-refractivity contribution >= 4 is 34.2 Å². The molecular formula is C17H11FN8O4. The molecule has 4 rings (SSSR count). The number of nitrogens with two attached hydrogens (primary N) is 1. The fraction of sp³-hybridized carbons (Fsp3) is 0. The summed E-state index contributed by atoms with van der Waals surface area (Å²) in [5.74, 6) is 4.52. The van der Waals surface area contributed by atoms with Crippen LogP contribution < -0.4 is 11.2 Å². The fourth-order valence-corrected chi connectivity index (χ4v) is 2.69. The molecule has 0 bridgehead atoms. The van der Waals surface area contributed by atoms with Crippen molar-refractivity contribution in [2.24, 2.45) is 10.9 Å². The normalized spacial score (nSPS) is 11.6. The molecule has 0 aliphatic carbocycles. The van der Waals surface area contributed by atoms with Gasteiger partial charge in [0.25, 0.3) is 0 Å². The molecule has 12 nitrogen and oxygen atoms in total. The molecule has 2 heterocycles. The number of nitro groups is 1. The van der Waals surface area contributed by atoms with Crippen LogP contribution >= 0.6 is 0 Å². The van der Waals surface area contributed by atoms with E-state index in [9.17, 15) is 19.6 Å². The maximum atomic E-state index is 13.2. The van der Waals surface area contributed by atoms with Crippen LogP contribution in [-0.4, -0.2) is 36.0 Å². The van der Waals surface area contributed by atoms with Gasteiger partial charge in [-0.2, -0.15) is 5.10 Å². The van der Waals surface area contributed by atoms with E-state index in [1.54, 1.807) is 0 Å². The van der Waals surface area contributed by atoms with Crippen LogP contribution in [0.3, 0.4) is 0 Å². The summed E-state index contributed by atoms with van der Waals surface area (Å²) in [6.45, 7) is 0. The number of anilines is 2. The predicted octanol–water partition coefficient (Wildman–Crippen LogP) is 2.22. The van der Waals surface area contributed by atoms with Crippen LogP contribution in [0.15, 0.2) is 52.2 Å². The van der Waals surface area contributed by atoms with E-state index >= 15 is 0 Å². The maximum Gasteiger partial charge on any atom is 0.311 e. The van der Waals surface area contributed by atoms with Gasteiger partial charge >= 0.3 is 5.69 Å². The summed E-state index contributed by atoms with van der Waals surface area (Å²) in [6.07, 6.45) is 0. The number of nitro benzene ring substituents is 1. The van der Waals surface area contributed by atoms with E-state index in [1.807, 2.05) is 0 Å². The Hall–Kier alpha value is -4.68. The molecule has 0 aliphatic rings. The molecule has 0 amide bonds. The highest BCUT2D eigenvalue weighted by molar-refractivity contribution is 6.16. The van der Waals surface area contributed by atoms with Gasteiger partial charge in [0.15, 0.2) is 5.82 Å². The Morgan fingerprint density at radius 1 is 1.17 bits per heavy atom.